The van der Waals surface area contributed by atoms with Crippen LogP contribution in [0.5, 0.6) is 5.75 Å². The Balaban J connectivity index is 1.70. The molecule has 0 aliphatic carbocycles. The van der Waals surface area contributed by atoms with Gasteiger partial charge in [0.25, 0.3) is 5.91 Å². The van der Waals surface area contributed by atoms with Crippen molar-refractivity contribution in [1.29, 1.82) is 0 Å². The molecule has 0 bridgehead atoms. The lowest BCUT2D eigenvalue weighted by atomic mass is 10.1. The maximum absolute atomic E-state index is 12.5. The molecule has 27 heavy (non-hydrogen) atoms. The zero-order valence-electron chi connectivity index (χ0n) is 14.9. The molecule has 2 aromatic heterocycles. The minimum atomic E-state index is -0.231. The fraction of sp³-hybridized carbons (Fsp3) is 0.0952. The number of anilines is 1. The summed E-state index contributed by atoms with van der Waals surface area (Å²) in [5.74, 6) is 0.0656. The molecule has 0 spiro atoms. The van der Waals surface area contributed by atoms with Gasteiger partial charge >= 0.3 is 0 Å². The van der Waals surface area contributed by atoms with E-state index in [1.165, 1.54) is 0 Å². The fourth-order valence-electron chi connectivity index (χ4n) is 2.81. The second kappa shape index (κ2) is 6.57. The molecule has 1 amide bonds. The molecule has 0 radical (unpaired) electrons. The molecule has 6 nitrogen and oxygen atoms in total. The summed E-state index contributed by atoms with van der Waals surface area (Å²) < 4.78 is 5.70. The highest BCUT2D eigenvalue weighted by molar-refractivity contribution is 6.04. The summed E-state index contributed by atoms with van der Waals surface area (Å²) in [7, 11) is 0. The molecule has 0 aliphatic rings. The molecule has 0 unspecified atom stereocenters. The van der Waals surface area contributed by atoms with Gasteiger partial charge < -0.3 is 14.8 Å². The number of phenols is 1. The van der Waals surface area contributed by atoms with E-state index in [2.05, 4.69) is 15.3 Å². The SMILES string of the molecule is Cc1ccc(C(=O)Nc2cc(C)c(O)c(-c3nc4ncccc4o3)c2)cc1. The van der Waals surface area contributed by atoms with Crippen molar-refractivity contribution in [2.75, 3.05) is 5.32 Å². The van der Waals surface area contributed by atoms with Gasteiger partial charge in [0, 0.05) is 17.4 Å². The van der Waals surface area contributed by atoms with Gasteiger partial charge in [-0.05, 0) is 55.8 Å². The van der Waals surface area contributed by atoms with Crippen molar-refractivity contribution >= 4 is 22.8 Å². The van der Waals surface area contributed by atoms with Crippen LogP contribution in [0.1, 0.15) is 21.5 Å². The minimum Gasteiger partial charge on any atom is -0.507 e. The van der Waals surface area contributed by atoms with Crippen LogP contribution in [0.3, 0.4) is 0 Å². The average molecular weight is 359 g/mol. The lowest BCUT2D eigenvalue weighted by molar-refractivity contribution is 0.102. The van der Waals surface area contributed by atoms with Crippen molar-refractivity contribution in [1.82, 2.24) is 9.97 Å². The van der Waals surface area contributed by atoms with Crippen LogP contribution in [0.2, 0.25) is 0 Å². The molecule has 2 aromatic carbocycles. The number of aromatic hydroxyl groups is 1. The van der Waals surface area contributed by atoms with E-state index in [9.17, 15) is 9.90 Å². The summed E-state index contributed by atoms with van der Waals surface area (Å²) in [5.41, 5.74) is 4.16. The number of fused-ring (bicyclic) bond motifs is 1. The predicted octanol–water partition coefficient (Wildman–Crippen LogP) is 4.46. The number of rotatable bonds is 3. The van der Waals surface area contributed by atoms with Crippen LogP contribution in [0.4, 0.5) is 5.69 Å². The first-order valence-electron chi connectivity index (χ1n) is 8.45. The van der Waals surface area contributed by atoms with Crippen LogP contribution in [0.15, 0.2) is 59.1 Å². The number of nitrogens with one attached hydrogen (secondary N) is 1. The lowest BCUT2D eigenvalue weighted by Crippen LogP contribution is -2.12. The molecule has 0 saturated heterocycles. The number of hydrogen-bond acceptors (Lipinski definition) is 5. The topological polar surface area (TPSA) is 88.2 Å². The van der Waals surface area contributed by atoms with E-state index in [4.69, 9.17) is 4.42 Å². The first-order valence-corrected chi connectivity index (χ1v) is 8.45. The molecule has 0 aliphatic heterocycles. The van der Waals surface area contributed by atoms with Crippen molar-refractivity contribution in [2.45, 2.75) is 13.8 Å². The fourth-order valence-corrected chi connectivity index (χ4v) is 2.81. The highest BCUT2D eigenvalue weighted by atomic mass is 16.4. The second-order valence-corrected chi connectivity index (χ2v) is 6.35. The number of hydrogen-bond donors (Lipinski definition) is 2. The standard InChI is InChI=1S/C21H17N3O3/c1-12-5-7-14(8-6-12)20(26)23-15-10-13(2)18(25)16(11-15)21-24-19-17(27-21)4-3-9-22-19/h3-11,25H,1-2H3,(H,23,26). The Morgan fingerprint density at radius 3 is 2.63 bits per heavy atom. The Kier molecular flexibility index (Phi) is 4.08. The van der Waals surface area contributed by atoms with Gasteiger partial charge in [0.2, 0.25) is 5.89 Å². The molecule has 6 heteroatoms. The van der Waals surface area contributed by atoms with E-state index in [0.29, 0.717) is 33.6 Å². The van der Waals surface area contributed by atoms with Crippen molar-refractivity contribution in [3.8, 4) is 17.2 Å². The Morgan fingerprint density at radius 2 is 1.89 bits per heavy atom. The van der Waals surface area contributed by atoms with Gasteiger partial charge in [-0.15, -0.1) is 0 Å². The van der Waals surface area contributed by atoms with Crippen molar-refractivity contribution < 1.29 is 14.3 Å². The molecule has 2 heterocycles. The number of oxazole rings is 1. The summed E-state index contributed by atoms with van der Waals surface area (Å²) in [4.78, 5) is 21.0. The van der Waals surface area contributed by atoms with Gasteiger partial charge in [-0.3, -0.25) is 4.79 Å². The van der Waals surface area contributed by atoms with Gasteiger partial charge in [-0.25, -0.2) is 4.98 Å². The molecule has 4 aromatic rings. The molecular weight excluding hydrogens is 342 g/mol. The Morgan fingerprint density at radius 1 is 1.11 bits per heavy atom. The van der Waals surface area contributed by atoms with E-state index in [-0.39, 0.29) is 17.5 Å². The van der Waals surface area contributed by atoms with Crippen molar-refractivity contribution in [2.24, 2.45) is 0 Å². The van der Waals surface area contributed by atoms with Gasteiger partial charge in [0.1, 0.15) is 5.75 Å². The van der Waals surface area contributed by atoms with Crippen LogP contribution >= 0.6 is 0 Å². The van der Waals surface area contributed by atoms with Crippen molar-refractivity contribution in [3.05, 3.63) is 71.4 Å². The third-order valence-electron chi connectivity index (χ3n) is 4.27. The molecule has 0 atom stereocenters. The van der Waals surface area contributed by atoms with Crippen LogP contribution in [-0.2, 0) is 0 Å². The number of phenolic OH excluding ortho intramolecular Hbond substituents is 1. The second-order valence-electron chi connectivity index (χ2n) is 6.35. The third kappa shape index (κ3) is 3.25. The van der Waals surface area contributed by atoms with E-state index in [1.807, 2.05) is 19.1 Å². The highest BCUT2D eigenvalue weighted by Gasteiger charge is 2.17. The zero-order chi connectivity index (χ0) is 19.0. The number of aryl methyl sites for hydroxylation is 2. The largest absolute Gasteiger partial charge is 0.507 e. The normalized spacial score (nSPS) is 10.9. The Bertz CT molecular complexity index is 1110. The van der Waals surface area contributed by atoms with Crippen LogP contribution in [0.25, 0.3) is 22.7 Å². The van der Waals surface area contributed by atoms with Crippen LogP contribution in [-0.4, -0.2) is 21.0 Å². The van der Waals surface area contributed by atoms with Gasteiger partial charge in [-0.1, -0.05) is 17.7 Å². The number of aromatic nitrogens is 2. The lowest BCUT2D eigenvalue weighted by Gasteiger charge is -2.10. The third-order valence-corrected chi connectivity index (χ3v) is 4.27. The van der Waals surface area contributed by atoms with Gasteiger partial charge in [-0.2, -0.15) is 4.98 Å². The molecule has 134 valence electrons. The molecule has 0 fully saturated rings. The minimum absolute atomic E-state index is 0.0508. The number of pyridine rings is 1. The zero-order valence-corrected chi connectivity index (χ0v) is 14.9. The van der Waals surface area contributed by atoms with Gasteiger partial charge in [0.05, 0.1) is 5.56 Å². The number of carbonyl (C=O) groups excluding carboxylic acids is 1. The van der Waals surface area contributed by atoms with E-state index in [0.717, 1.165) is 5.56 Å². The average Bonchev–Trinajstić information content (AvgIpc) is 3.09. The molecule has 2 N–H and O–H groups in total. The van der Waals surface area contributed by atoms with Gasteiger partial charge in [0.15, 0.2) is 11.2 Å². The van der Waals surface area contributed by atoms with E-state index in [1.54, 1.807) is 49.5 Å². The monoisotopic (exact) mass is 359 g/mol. The smallest absolute Gasteiger partial charge is 0.255 e. The summed E-state index contributed by atoms with van der Waals surface area (Å²) in [6.45, 7) is 3.72. The first kappa shape index (κ1) is 16.8. The van der Waals surface area contributed by atoms with Crippen LogP contribution < -0.4 is 5.32 Å². The number of carbonyl (C=O) groups is 1. The Labute approximate surface area is 155 Å². The number of nitrogens with zero attached hydrogens (tertiary/aromatic N) is 2. The summed E-state index contributed by atoms with van der Waals surface area (Å²) in [5, 5.41) is 13.3. The summed E-state index contributed by atoms with van der Waals surface area (Å²) in [6, 6.07) is 14.1. The Hall–Kier alpha value is -3.67. The number of amides is 1. The molecular formula is C21H17N3O3. The summed E-state index contributed by atoms with van der Waals surface area (Å²) in [6.07, 6.45) is 1.62. The molecule has 4 rings (SSSR count). The highest BCUT2D eigenvalue weighted by Crippen LogP contribution is 2.35. The van der Waals surface area contributed by atoms with E-state index < -0.39 is 0 Å². The predicted molar refractivity (Wildman–Crippen MR) is 103 cm³/mol. The molecule has 0 saturated carbocycles. The maximum Gasteiger partial charge on any atom is 0.255 e. The maximum atomic E-state index is 12.5. The van der Waals surface area contributed by atoms with Crippen LogP contribution in [0, 0.1) is 13.8 Å². The van der Waals surface area contributed by atoms with Crippen molar-refractivity contribution in [3.63, 3.8) is 0 Å². The van der Waals surface area contributed by atoms with E-state index >= 15 is 0 Å². The number of benzene rings is 2. The first-order chi connectivity index (χ1) is 13.0. The summed E-state index contributed by atoms with van der Waals surface area (Å²) >= 11 is 0. The quantitative estimate of drug-likeness (QED) is 0.527.